The van der Waals surface area contributed by atoms with E-state index in [0.717, 1.165) is 0 Å². The van der Waals surface area contributed by atoms with Crippen LogP contribution in [-0.2, 0) is 4.79 Å². The van der Waals surface area contributed by atoms with Crippen molar-refractivity contribution in [2.45, 2.75) is 4.90 Å². The van der Waals surface area contributed by atoms with Gasteiger partial charge >= 0.3 is 0 Å². The second-order valence-corrected chi connectivity index (χ2v) is 3.53. The van der Waals surface area contributed by atoms with Gasteiger partial charge in [-0.15, -0.1) is 12.6 Å². The van der Waals surface area contributed by atoms with Crippen LogP contribution in [0, 0.1) is 0 Å². The highest BCUT2D eigenvalue weighted by Gasteiger charge is 2.16. The summed E-state index contributed by atoms with van der Waals surface area (Å²) in [5.41, 5.74) is 0.596. The molecule has 0 bridgehead atoms. The van der Waals surface area contributed by atoms with Crippen molar-refractivity contribution >= 4 is 35.8 Å². The second-order valence-electron chi connectivity index (χ2n) is 2.64. The standard InChI is InChI=1S/C8H6ClNO2S/c9-4-1-5-6(2-7(4)13)12-3-8(11)10-5/h1-2,13H,3H2,(H,10,11). The molecule has 3 nitrogen and oxygen atoms in total. The number of fused-ring (bicyclic) bond motifs is 1. The van der Waals surface area contributed by atoms with Crippen LogP contribution >= 0.6 is 24.2 Å². The number of hydrogen-bond acceptors (Lipinski definition) is 3. The molecule has 0 atom stereocenters. The number of anilines is 1. The van der Waals surface area contributed by atoms with Crippen molar-refractivity contribution in [3.63, 3.8) is 0 Å². The highest BCUT2D eigenvalue weighted by molar-refractivity contribution is 7.80. The van der Waals surface area contributed by atoms with Gasteiger partial charge in [0.05, 0.1) is 10.7 Å². The zero-order chi connectivity index (χ0) is 9.42. The topological polar surface area (TPSA) is 38.3 Å². The van der Waals surface area contributed by atoms with Crippen molar-refractivity contribution in [2.24, 2.45) is 0 Å². The number of rotatable bonds is 0. The Balaban J connectivity index is 2.49. The van der Waals surface area contributed by atoms with Crippen molar-refractivity contribution in [1.82, 2.24) is 0 Å². The molecule has 5 heteroatoms. The SMILES string of the molecule is O=C1COc2cc(S)c(Cl)cc2N1. The molecule has 0 radical (unpaired) electrons. The van der Waals surface area contributed by atoms with E-state index in [0.29, 0.717) is 21.4 Å². The Morgan fingerprint density at radius 3 is 3.08 bits per heavy atom. The number of hydrogen-bond donors (Lipinski definition) is 2. The Morgan fingerprint density at radius 2 is 2.31 bits per heavy atom. The fourth-order valence-corrected chi connectivity index (χ4v) is 1.43. The highest BCUT2D eigenvalue weighted by Crippen LogP contribution is 2.34. The molecule has 0 saturated carbocycles. The third-order valence-corrected chi connectivity index (χ3v) is 2.50. The molecular weight excluding hydrogens is 210 g/mol. The van der Waals surface area contributed by atoms with E-state index in [4.69, 9.17) is 16.3 Å². The third kappa shape index (κ3) is 1.59. The van der Waals surface area contributed by atoms with Crippen LogP contribution in [0.2, 0.25) is 5.02 Å². The molecule has 1 aromatic carbocycles. The normalized spacial score (nSPS) is 14.5. The number of carbonyl (C=O) groups is 1. The van der Waals surface area contributed by atoms with E-state index < -0.39 is 0 Å². The van der Waals surface area contributed by atoms with E-state index in [1.807, 2.05) is 0 Å². The molecule has 1 aromatic rings. The molecule has 0 aromatic heterocycles. The zero-order valence-corrected chi connectivity index (χ0v) is 8.15. The zero-order valence-electron chi connectivity index (χ0n) is 6.50. The van der Waals surface area contributed by atoms with Crippen LogP contribution in [-0.4, -0.2) is 12.5 Å². The van der Waals surface area contributed by atoms with Gasteiger partial charge in [0.1, 0.15) is 5.75 Å². The third-order valence-electron chi connectivity index (χ3n) is 1.68. The van der Waals surface area contributed by atoms with Crippen molar-refractivity contribution in [3.8, 4) is 5.75 Å². The Labute approximate surface area is 85.4 Å². The van der Waals surface area contributed by atoms with Crippen LogP contribution < -0.4 is 10.1 Å². The highest BCUT2D eigenvalue weighted by atomic mass is 35.5. The van der Waals surface area contributed by atoms with Gasteiger partial charge in [-0.25, -0.2) is 0 Å². The molecule has 1 heterocycles. The first kappa shape index (κ1) is 8.72. The minimum absolute atomic E-state index is 0.0435. The average Bonchev–Trinajstić information content (AvgIpc) is 2.08. The minimum Gasteiger partial charge on any atom is -0.482 e. The largest absolute Gasteiger partial charge is 0.482 e. The van der Waals surface area contributed by atoms with Gasteiger partial charge in [0.2, 0.25) is 0 Å². The maximum Gasteiger partial charge on any atom is 0.262 e. The monoisotopic (exact) mass is 215 g/mol. The van der Waals surface area contributed by atoms with Gasteiger partial charge < -0.3 is 10.1 Å². The van der Waals surface area contributed by atoms with Crippen LogP contribution in [0.25, 0.3) is 0 Å². The molecule has 13 heavy (non-hydrogen) atoms. The van der Waals surface area contributed by atoms with E-state index in [9.17, 15) is 4.79 Å². The van der Waals surface area contributed by atoms with Crippen molar-refractivity contribution in [2.75, 3.05) is 11.9 Å². The summed E-state index contributed by atoms with van der Waals surface area (Å²) in [6.07, 6.45) is 0. The molecule has 2 rings (SSSR count). The van der Waals surface area contributed by atoms with Gasteiger partial charge in [0.15, 0.2) is 6.61 Å². The molecule has 1 aliphatic heterocycles. The van der Waals surface area contributed by atoms with Crippen LogP contribution in [0.1, 0.15) is 0 Å². The van der Waals surface area contributed by atoms with Crippen LogP contribution in [0.15, 0.2) is 17.0 Å². The Morgan fingerprint density at radius 1 is 1.54 bits per heavy atom. The molecular formula is C8H6ClNO2S. The first-order valence-electron chi connectivity index (χ1n) is 3.62. The number of ether oxygens (including phenoxy) is 1. The van der Waals surface area contributed by atoms with Crippen LogP contribution in [0.3, 0.4) is 0 Å². The van der Waals surface area contributed by atoms with Crippen molar-refractivity contribution in [3.05, 3.63) is 17.2 Å². The van der Waals surface area contributed by atoms with E-state index in [1.54, 1.807) is 12.1 Å². The summed E-state index contributed by atoms with van der Waals surface area (Å²) >= 11 is 9.94. The lowest BCUT2D eigenvalue weighted by atomic mass is 10.2. The number of amides is 1. The minimum atomic E-state index is -0.171. The number of carbonyl (C=O) groups excluding carboxylic acids is 1. The summed E-state index contributed by atoms with van der Waals surface area (Å²) in [6, 6.07) is 3.30. The summed E-state index contributed by atoms with van der Waals surface area (Å²) in [4.78, 5) is 11.6. The molecule has 0 spiro atoms. The molecule has 1 amide bonds. The first-order chi connectivity index (χ1) is 6.16. The van der Waals surface area contributed by atoms with Crippen molar-refractivity contribution in [1.29, 1.82) is 0 Å². The maximum atomic E-state index is 10.9. The average molecular weight is 216 g/mol. The first-order valence-corrected chi connectivity index (χ1v) is 4.44. The van der Waals surface area contributed by atoms with Crippen LogP contribution in [0.4, 0.5) is 5.69 Å². The van der Waals surface area contributed by atoms with Gasteiger partial charge in [0.25, 0.3) is 5.91 Å². The Hall–Kier alpha value is -0.870. The second kappa shape index (κ2) is 3.12. The van der Waals surface area contributed by atoms with E-state index >= 15 is 0 Å². The fraction of sp³-hybridized carbons (Fsp3) is 0.125. The number of nitrogens with one attached hydrogen (secondary N) is 1. The molecule has 0 unspecified atom stereocenters. The summed E-state index contributed by atoms with van der Waals surface area (Å²) in [5.74, 6) is 0.435. The molecule has 0 aliphatic carbocycles. The van der Waals surface area contributed by atoms with Crippen LogP contribution in [0.5, 0.6) is 5.75 Å². The van der Waals surface area contributed by atoms with Crippen molar-refractivity contribution < 1.29 is 9.53 Å². The van der Waals surface area contributed by atoms with E-state index in [1.165, 1.54) is 0 Å². The molecule has 68 valence electrons. The Kier molecular flexibility index (Phi) is 2.09. The summed E-state index contributed by atoms with van der Waals surface area (Å²) in [5, 5.41) is 3.14. The van der Waals surface area contributed by atoms with Gasteiger partial charge in [-0.2, -0.15) is 0 Å². The quantitative estimate of drug-likeness (QED) is 0.650. The number of halogens is 1. The summed E-state index contributed by atoms with van der Waals surface area (Å²) in [7, 11) is 0. The predicted octanol–water partition coefficient (Wildman–Crippen LogP) is 1.96. The number of benzene rings is 1. The molecule has 0 saturated heterocycles. The lowest BCUT2D eigenvalue weighted by Crippen LogP contribution is -2.25. The summed E-state index contributed by atoms with van der Waals surface area (Å²) < 4.78 is 5.15. The van der Waals surface area contributed by atoms with E-state index in [-0.39, 0.29) is 12.5 Å². The molecule has 1 N–H and O–H groups in total. The van der Waals surface area contributed by atoms with Gasteiger partial charge in [0, 0.05) is 4.90 Å². The van der Waals surface area contributed by atoms with Gasteiger partial charge in [-0.05, 0) is 12.1 Å². The molecule has 1 aliphatic rings. The summed E-state index contributed by atoms with van der Waals surface area (Å²) in [6.45, 7) is 0.0435. The lowest BCUT2D eigenvalue weighted by Gasteiger charge is -2.18. The fourth-order valence-electron chi connectivity index (χ4n) is 1.09. The van der Waals surface area contributed by atoms with E-state index in [2.05, 4.69) is 17.9 Å². The molecule has 0 fully saturated rings. The maximum absolute atomic E-state index is 10.9. The van der Waals surface area contributed by atoms with Gasteiger partial charge in [-0.3, -0.25) is 4.79 Å². The lowest BCUT2D eigenvalue weighted by molar-refractivity contribution is -0.118. The Bertz CT molecular complexity index is 381. The predicted molar refractivity (Wildman–Crippen MR) is 52.8 cm³/mol. The number of thiol groups is 1. The van der Waals surface area contributed by atoms with Gasteiger partial charge in [-0.1, -0.05) is 11.6 Å². The smallest absolute Gasteiger partial charge is 0.262 e.